The lowest BCUT2D eigenvalue weighted by atomic mass is 9.98. The molecule has 1 nitrogen and oxygen atoms in total. The maximum Gasteiger partial charge on any atom is 0.164 e. The van der Waals surface area contributed by atoms with E-state index in [2.05, 4.69) is 0 Å². The van der Waals surface area contributed by atoms with Crippen molar-refractivity contribution in [2.45, 2.75) is 25.7 Å². The Labute approximate surface area is 71.0 Å². The molecule has 0 saturated heterocycles. The van der Waals surface area contributed by atoms with Crippen LogP contribution in [0.1, 0.15) is 25.7 Å². The van der Waals surface area contributed by atoms with Crippen LogP contribution in [0.2, 0.25) is 0 Å². The molecule has 2 aliphatic rings. The summed E-state index contributed by atoms with van der Waals surface area (Å²) >= 11 is 0. The molecule has 0 bridgehead atoms. The van der Waals surface area contributed by atoms with E-state index in [1.165, 1.54) is 6.08 Å². The van der Waals surface area contributed by atoms with Crippen LogP contribution in [0.5, 0.6) is 0 Å². The van der Waals surface area contributed by atoms with E-state index in [9.17, 15) is 9.18 Å². The molecule has 12 heavy (non-hydrogen) atoms. The number of carbonyl (C=O) groups is 1. The second-order valence-corrected chi connectivity index (χ2v) is 3.41. The number of rotatable bonds is 2. The first-order valence-corrected chi connectivity index (χ1v) is 4.38. The van der Waals surface area contributed by atoms with Crippen LogP contribution in [0.25, 0.3) is 0 Å². The van der Waals surface area contributed by atoms with Crippen molar-refractivity contribution in [1.82, 2.24) is 0 Å². The molecule has 64 valence electrons. The number of allylic oxidation sites excluding steroid dienone is 4. The minimum absolute atomic E-state index is 0.0526. The maximum absolute atomic E-state index is 13.1. The lowest BCUT2D eigenvalue weighted by Gasteiger charge is -2.08. The minimum atomic E-state index is -0.307. The highest BCUT2D eigenvalue weighted by molar-refractivity contribution is 5.99. The SMILES string of the molecule is O=C(C1=C(F)C=CCC1)C1CC1. The third-order valence-electron chi connectivity index (χ3n) is 2.36. The number of ketones is 1. The first-order valence-electron chi connectivity index (χ1n) is 4.38. The van der Waals surface area contributed by atoms with Crippen molar-refractivity contribution in [2.24, 2.45) is 5.92 Å². The summed E-state index contributed by atoms with van der Waals surface area (Å²) in [6.45, 7) is 0. The van der Waals surface area contributed by atoms with Gasteiger partial charge in [-0.25, -0.2) is 4.39 Å². The molecule has 0 amide bonds. The predicted molar refractivity (Wildman–Crippen MR) is 44.2 cm³/mol. The topological polar surface area (TPSA) is 17.1 Å². The zero-order chi connectivity index (χ0) is 8.55. The first-order chi connectivity index (χ1) is 5.79. The Morgan fingerprint density at radius 3 is 2.83 bits per heavy atom. The quantitative estimate of drug-likeness (QED) is 0.616. The van der Waals surface area contributed by atoms with Gasteiger partial charge in [0.2, 0.25) is 0 Å². The Morgan fingerprint density at radius 1 is 1.50 bits per heavy atom. The second kappa shape index (κ2) is 2.85. The van der Waals surface area contributed by atoms with E-state index < -0.39 is 0 Å². The molecule has 0 unspecified atom stereocenters. The van der Waals surface area contributed by atoms with E-state index >= 15 is 0 Å². The van der Waals surface area contributed by atoms with Crippen LogP contribution in [0.4, 0.5) is 4.39 Å². The Balaban J connectivity index is 2.19. The van der Waals surface area contributed by atoms with Crippen LogP contribution < -0.4 is 0 Å². The highest BCUT2D eigenvalue weighted by Gasteiger charge is 2.33. The van der Waals surface area contributed by atoms with Crippen LogP contribution in [0, 0.1) is 5.92 Å². The smallest absolute Gasteiger partial charge is 0.164 e. The number of halogens is 1. The lowest BCUT2D eigenvalue weighted by Crippen LogP contribution is -2.07. The fourth-order valence-corrected chi connectivity index (χ4v) is 1.47. The maximum atomic E-state index is 13.1. The largest absolute Gasteiger partial charge is 0.294 e. The van der Waals surface area contributed by atoms with Crippen LogP contribution in [0.3, 0.4) is 0 Å². The molecule has 0 aromatic heterocycles. The van der Waals surface area contributed by atoms with Crippen molar-refractivity contribution < 1.29 is 9.18 Å². The second-order valence-electron chi connectivity index (χ2n) is 3.41. The van der Waals surface area contributed by atoms with E-state index in [1.807, 2.05) is 0 Å². The first kappa shape index (κ1) is 7.71. The number of hydrogen-bond acceptors (Lipinski definition) is 1. The van der Waals surface area contributed by atoms with Gasteiger partial charge in [-0.2, -0.15) is 0 Å². The summed E-state index contributed by atoms with van der Waals surface area (Å²) in [6.07, 6.45) is 6.51. The molecule has 0 spiro atoms. The Hall–Kier alpha value is -0.920. The van der Waals surface area contributed by atoms with E-state index in [-0.39, 0.29) is 17.5 Å². The molecular formula is C10H11FO. The van der Waals surface area contributed by atoms with Crippen LogP contribution in [-0.4, -0.2) is 5.78 Å². The van der Waals surface area contributed by atoms with Crippen LogP contribution in [0.15, 0.2) is 23.6 Å². The molecule has 0 aromatic rings. The number of carbonyl (C=O) groups excluding carboxylic acids is 1. The average molecular weight is 166 g/mol. The molecule has 2 heteroatoms. The van der Waals surface area contributed by atoms with Gasteiger partial charge in [0, 0.05) is 11.5 Å². The summed E-state index contributed by atoms with van der Waals surface area (Å²) in [6, 6.07) is 0. The van der Waals surface area contributed by atoms with Crippen molar-refractivity contribution in [3.63, 3.8) is 0 Å². The zero-order valence-electron chi connectivity index (χ0n) is 6.85. The van der Waals surface area contributed by atoms with Gasteiger partial charge in [0.15, 0.2) is 5.78 Å². The summed E-state index contributed by atoms with van der Waals surface area (Å²) in [5.74, 6) is -0.104. The average Bonchev–Trinajstić information content (AvgIpc) is 2.86. The van der Waals surface area contributed by atoms with Crippen molar-refractivity contribution in [1.29, 1.82) is 0 Å². The van der Waals surface area contributed by atoms with Gasteiger partial charge in [-0.1, -0.05) is 6.08 Å². The van der Waals surface area contributed by atoms with E-state index in [0.717, 1.165) is 19.3 Å². The van der Waals surface area contributed by atoms with Crippen molar-refractivity contribution in [3.05, 3.63) is 23.6 Å². The van der Waals surface area contributed by atoms with Crippen LogP contribution in [-0.2, 0) is 4.79 Å². The van der Waals surface area contributed by atoms with E-state index in [4.69, 9.17) is 0 Å². The molecule has 0 radical (unpaired) electrons. The van der Waals surface area contributed by atoms with Crippen molar-refractivity contribution in [2.75, 3.05) is 0 Å². The standard InChI is InChI=1S/C10H11FO/c11-9-4-2-1-3-8(9)10(12)7-5-6-7/h2,4,7H,1,3,5-6H2. The summed E-state index contributed by atoms with van der Waals surface area (Å²) in [5, 5.41) is 0. The fraction of sp³-hybridized carbons (Fsp3) is 0.500. The molecule has 0 atom stereocenters. The van der Waals surface area contributed by atoms with E-state index in [0.29, 0.717) is 12.0 Å². The van der Waals surface area contributed by atoms with Gasteiger partial charge in [0.05, 0.1) is 0 Å². The summed E-state index contributed by atoms with van der Waals surface area (Å²) in [4.78, 5) is 11.4. The molecule has 2 aliphatic carbocycles. The minimum Gasteiger partial charge on any atom is -0.294 e. The molecule has 0 aromatic carbocycles. The van der Waals surface area contributed by atoms with Gasteiger partial charge in [0.25, 0.3) is 0 Å². The summed E-state index contributed by atoms with van der Waals surface area (Å²) < 4.78 is 13.1. The Morgan fingerprint density at radius 2 is 2.25 bits per heavy atom. The number of Topliss-reactive ketones (excluding diaryl/α,β-unsaturated/α-hetero) is 1. The van der Waals surface area contributed by atoms with Crippen molar-refractivity contribution in [3.8, 4) is 0 Å². The lowest BCUT2D eigenvalue weighted by molar-refractivity contribution is -0.116. The van der Waals surface area contributed by atoms with Gasteiger partial charge in [-0.05, 0) is 31.8 Å². The molecule has 1 fully saturated rings. The Bertz CT molecular complexity index is 272. The van der Waals surface area contributed by atoms with E-state index in [1.54, 1.807) is 6.08 Å². The molecule has 0 heterocycles. The van der Waals surface area contributed by atoms with Crippen LogP contribution >= 0.6 is 0 Å². The number of hydrogen-bond donors (Lipinski definition) is 0. The predicted octanol–water partition coefficient (Wildman–Crippen LogP) is 2.54. The third-order valence-corrected chi connectivity index (χ3v) is 2.36. The monoisotopic (exact) mass is 166 g/mol. The van der Waals surface area contributed by atoms with Gasteiger partial charge >= 0.3 is 0 Å². The molecule has 0 aliphatic heterocycles. The molecule has 1 saturated carbocycles. The Kier molecular flexibility index (Phi) is 1.83. The fourth-order valence-electron chi connectivity index (χ4n) is 1.47. The zero-order valence-corrected chi connectivity index (χ0v) is 6.85. The van der Waals surface area contributed by atoms with Gasteiger partial charge in [-0.3, -0.25) is 4.79 Å². The van der Waals surface area contributed by atoms with Crippen molar-refractivity contribution >= 4 is 5.78 Å². The van der Waals surface area contributed by atoms with Gasteiger partial charge in [0.1, 0.15) is 5.83 Å². The normalized spacial score (nSPS) is 23.1. The van der Waals surface area contributed by atoms with Gasteiger partial charge in [-0.15, -0.1) is 0 Å². The highest BCUT2D eigenvalue weighted by Crippen LogP contribution is 2.35. The molecular weight excluding hydrogens is 155 g/mol. The molecule has 2 rings (SSSR count). The third kappa shape index (κ3) is 1.33. The summed E-state index contributed by atoms with van der Waals surface area (Å²) in [5.41, 5.74) is 0.431. The summed E-state index contributed by atoms with van der Waals surface area (Å²) in [7, 11) is 0. The highest BCUT2D eigenvalue weighted by atomic mass is 19.1. The molecule has 0 N–H and O–H groups in total. The van der Waals surface area contributed by atoms with Gasteiger partial charge < -0.3 is 0 Å².